The second-order valence-electron chi connectivity index (χ2n) is 34.1. The maximum Gasteiger partial charge on any atom is 0.241 e. The van der Waals surface area contributed by atoms with Crippen LogP contribution in [0.2, 0.25) is 0 Å². The smallest absolute Gasteiger partial charge is 0.241 e. The molecule has 4 bridgehead atoms. The average Bonchev–Trinajstić information content (AvgIpc) is 1.04. The van der Waals surface area contributed by atoms with Gasteiger partial charge in [-0.25, -0.2) is 26.8 Å². The van der Waals surface area contributed by atoms with E-state index in [0.717, 1.165) is 24.2 Å². The molecular weight excluding hydrogens is 2020 g/mol. The molecular formula is C86H112InN21O28S4. The predicted octanol–water partition coefficient (Wildman–Crippen LogP) is -1.41. The molecule has 3 aliphatic rings. The van der Waals surface area contributed by atoms with Crippen LogP contribution in [-0.2, 0) is 113 Å². The summed E-state index contributed by atoms with van der Waals surface area (Å²) in [4.78, 5) is 216. The van der Waals surface area contributed by atoms with Crippen molar-refractivity contribution in [2.75, 3.05) is 127 Å². The van der Waals surface area contributed by atoms with E-state index in [2.05, 4.69) is 77.2 Å². The molecule has 49 nitrogen and oxygen atoms in total. The van der Waals surface area contributed by atoms with Crippen molar-refractivity contribution < 1.29 is 115 Å². The van der Waals surface area contributed by atoms with E-state index >= 15 is 0 Å². The number of nitrogens with one attached hydrogen (secondary N) is 13. The molecule has 7 amide bonds. The summed E-state index contributed by atoms with van der Waals surface area (Å²) in [6.07, 6.45) is 6.61. The van der Waals surface area contributed by atoms with Gasteiger partial charge in [0.1, 0.15) is 40.8 Å². The van der Waals surface area contributed by atoms with Gasteiger partial charge < -0.3 is 80.4 Å². The summed E-state index contributed by atoms with van der Waals surface area (Å²) in [5.41, 5.74) is 2.02. The van der Waals surface area contributed by atoms with Crippen molar-refractivity contribution in [2.24, 2.45) is 0 Å². The summed E-state index contributed by atoms with van der Waals surface area (Å²) < 4.78 is 146. The van der Waals surface area contributed by atoms with Crippen LogP contribution >= 0.6 is 10.9 Å². The van der Waals surface area contributed by atoms with Crippen LogP contribution in [0.3, 0.4) is 0 Å². The fraction of sp³-hybridized carbons (Fsp3) is 0.442. The SMILES string of the molecule is CC(=O)[C@H](CNC(=O)c1cn(CCCNC(=O)[C@H](CS(=O)(=O)O)NC(=O)[C@H](CCC(=O)N[C@@H](CS(O)(O)O)C(=O)NCCCn2cc(C(=O)NC[C@H](NS(=O)(=O)c3c(C)cc(C)cc3C)C(=O)O)c(=O)c3ccc(CNc4ncc[nH]4)cc32)NC(=O)CN2CCN3CCN4CCN(CC2)CC(=O)[O][In]([O]C(=O)C3)[O]C(=O)C4)c2cc(CNc3ncc[nH]3)ccc2c1=O)NS(=O)(=O)c1c(C)cc(C)cc1C. The number of imidazole rings is 2. The molecule has 18 N–H and O–H groups in total. The number of pyridine rings is 2. The summed E-state index contributed by atoms with van der Waals surface area (Å²) >= 11 is -4.58. The Morgan fingerprint density at radius 3 is 1.30 bits per heavy atom. The molecule has 756 valence electrons. The maximum absolute atomic E-state index is 15.0. The number of amides is 7. The van der Waals surface area contributed by atoms with E-state index in [1.807, 2.05) is 0 Å². The van der Waals surface area contributed by atoms with Gasteiger partial charge in [-0.05, 0) is 119 Å². The van der Waals surface area contributed by atoms with Crippen LogP contribution in [0.5, 0.6) is 0 Å². The number of Topliss-reactive ketones (excluding diaryl/α,β-unsaturated/α-hetero) is 1. The van der Waals surface area contributed by atoms with Crippen molar-refractivity contribution in [3.63, 3.8) is 0 Å². The van der Waals surface area contributed by atoms with Gasteiger partial charge >= 0.3 is 202 Å². The number of aromatic nitrogens is 6. The Balaban J connectivity index is 0.816. The number of carbonyl (C=O) groups is 12. The van der Waals surface area contributed by atoms with Gasteiger partial charge in [0.05, 0.1) is 43.5 Å². The molecule has 7 heterocycles. The van der Waals surface area contributed by atoms with E-state index < -0.39 is 238 Å². The van der Waals surface area contributed by atoms with Crippen molar-refractivity contribution >= 4 is 168 Å². The number of H-pyrrole nitrogens is 2. The fourth-order valence-corrected chi connectivity index (χ4v) is 23.9. The topological polar surface area (TPSA) is 683 Å². The van der Waals surface area contributed by atoms with Crippen LogP contribution in [0.1, 0.15) is 97.8 Å². The van der Waals surface area contributed by atoms with Crippen LogP contribution in [0, 0.1) is 41.5 Å². The minimum Gasteiger partial charge on any atom is -0.352 e. The standard InChI is InChI=1S/C86H115N21O28S4.In/c1-50-32-52(3)77(53(4)33-50)138(132,133)100-64(56(7)108)40-93-79(119)61-42-106(68-36-57(10-12-59(68)75(61)117)38-95-85-89-18-19-90-85)23-9-17-88-82(122)67(49-137(129,130)131)99-83(123)63(97-71(110)44-102-24-26-103(45-72(111)112)28-30-105(47-74(115)116)31-29-104(27-25-102)46-73(113)114)14-15-70(109)98-66(48-136(126,127)128)81(121)87-16-8-22-107-43-62(76(118)60-13-11-58(37-69(60)107)39-96-86-91-20-21-92-86)80(120)94-41-65(84(124)125)101-139(134,135)78-54(5)34-51(2)35-55(78)6;/h10-13,18-21,32-37,42-43,63-67,100-101,126-128H,8-9,14-17,22-31,38-41,44-49H2,1-7H3,(H,87,121)(H,88,122)(H,93,119)(H,94,120)(H,97,110)(H,98,109)(H,99,123)(H,111,112)(H,113,114)(H,115,116)(H,124,125)(H2,89,90,95)(H2,91,92,96)(H,129,130,131);/q;+3/p-3/t63-,64-,65-,66-,67-;/m0./s1. The number of carbonyl (C=O) groups excluding carboxylic acids is 11. The van der Waals surface area contributed by atoms with Gasteiger partial charge in [-0.2, -0.15) is 17.9 Å². The minimum absolute atomic E-state index is 0.000570. The molecule has 7 atom stereocenters. The van der Waals surface area contributed by atoms with Crippen LogP contribution in [0.25, 0.3) is 21.8 Å². The number of aliphatic carboxylic acids is 1. The van der Waals surface area contributed by atoms with E-state index in [1.54, 1.807) is 108 Å². The van der Waals surface area contributed by atoms with Gasteiger partial charge in [0.25, 0.3) is 21.9 Å². The molecule has 8 aromatic rings. The van der Waals surface area contributed by atoms with Gasteiger partial charge in [-0.1, -0.05) is 47.5 Å². The van der Waals surface area contributed by atoms with Crippen molar-refractivity contribution in [2.45, 2.75) is 140 Å². The number of sulfonamides is 2. The summed E-state index contributed by atoms with van der Waals surface area (Å²) in [5, 5.41) is 33.3. The molecule has 0 radical (unpaired) electrons. The molecule has 0 spiro atoms. The second-order valence-corrected chi connectivity index (χ2v) is 44.2. The zero-order chi connectivity index (χ0) is 102. The number of aryl methyl sites for hydroxylation is 8. The Morgan fingerprint density at radius 2 is 0.900 bits per heavy atom. The molecule has 2 unspecified atom stereocenters. The second kappa shape index (κ2) is 48.3. The first kappa shape index (κ1) is 108. The van der Waals surface area contributed by atoms with Crippen molar-refractivity contribution in [3.05, 3.63) is 174 Å². The Morgan fingerprint density at radius 1 is 0.493 bits per heavy atom. The Kier molecular flexibility index (Phi) is 37.4. The molecule has 0 saturated carbocycles. The first-order valence-electron chi connectivity index (χ1n) is 44.3. The number of benzene rings is 4. The number of ketones is 1. The van der Waals surface area contributed by atoms with E-state index in [1.165, 1.54) is 53.7 Å². The molecule has 3 aliphatic heterocycles. The van der Waals surface area contributed by atoms with Crippen LogP contribution in [-0.4, -0.2) is 337 Å². The van der Waals surface area contributed by atoms with E-state index in [0.29, 0.717) is 45.3 Å². The number of aromatic amines is 2. The van der Waals surface area contributed by atoms with Crippen LogP contribution < -0.4 is 68.2 Å². The van der Waals surface area contributed by atoms with Gasteiger partial charge in [0, 0.05) is 107 Å². The first-order chi connectivity index (χ1) is 66.1. The molecule has 3 saturated heterocycles. The first-order valence-corrected chi connectivity index (χ1v) is 54.5. The Hall–Kier alpha value is -12.2. The normalized spacial score (nSPS) is 17.0. The summed E-state index contributed by atoms with van der Waals surface area (Å²) in [7, 11) is -18.9. The molecule has 3 fully saturated rings. The number of carboxylic acid groups (broad SMARTS) is 1. The largest absolute Gasteiger partial charge is 0.352 e. The van der Waals surface area contributed by atoms with E-state index in [-0.39, 0.29) is 149 Å². The number of fused-ring (bicyclic) bond motifs is 9. The predicted molar refractivity (Wildman–Crippen MR) is 508 cm³/mol. The Bertz CT molecular complexity index is 6400. The third kappa shape index (κ3) is 31.2. The van der Waals surface area contributed by atoms with Crippen molar-refractivity contribution in [1.29, 1.82) is 0 Å². The van der Waals surface area contributed by atoms with Gasteiger partial charge in [-0.15, -0.1) is 0 Å². The van der Waals surface area contributed by atoms with E-state index in [9.17, 15) is 116 Å². The minimum atomic E-state index is -5.26. The molecule has 4 aromatic carbocycles. The fourth-order valence-electron chi connectivity index (χ4n) is 16.3. The number of carboxylic acids is 1. The third-order valence-corrected chi connectivity index (χ3v) is 31.9. The molecule has 54 heteroatoms. The van der Waals surface area contributed by atoms with Gasteiger partial charge in [-0.3, -0.25) is 52.5 Å². The third-order valence-electron chi connectivity index (χ3n) is 22.9. The summed E-state index contributed by atoms with van der Waals surface area (Å²) in [6, 6.07) is 6.09. The van der Waals surface area contributed by atoms with Crippen LogP contribution in [0.15, 0.2) is 117 Å². The molecule has 0 aliphatic carbocycles. The maximum atomic E-state index is 15.0. The van der Waals surface area contributed by atoms with Crippen LogP contribution in [0.4, 0.5) is 11.9 Å². The van der Waals surface area contributed by atoms with E-state index in [4.69, 9.17) is 8.56 Å². The number of anilines is 2. The summed E-state index contributed by atoms with van der Waals surface area (Å²) in [6.45, 7) is 8.00. The number of hydrogen-bond acceptors (Lipinski definition) is 34. The van der Waals surface area contributed by atoms with Gasteiger partial charge in [0.2, 0.25) is 48.6 Å². The van der Waals surface area contributed by atoms with Crippen molar-refractivity contribution in [3.8, 4) is 0 Å². The monoisotopic (exact) mass is 2130 g/mol. The Labute approximate surface area is 814 Å². The zero-order valence-electron chi connectivity index (χ0n) is 77.4. The number of rotatable bonds is 43. The van der Waals surface area contributed by atoms with Crippen molar-refractivity contribution in [1.82, 2.24) is 95.3 Å². The zero-order valence-corrected chi connectivity index (χ0v) is 84.0. The summed E-state index contributed by atoms with van der Waals surface area (Å²) in [5.74, 6) is -14.9. The molecule has 4 aromatic heterocycles. The molecule has 11 rings (SSSR count). The quantitative estimate of drug-likeness (QED) is 0.0154. The average molecular weight is 2130 g/mol. The van der Waals surface area contributed by atoms with Gasteiger partial charge in [0.15, 0.2) is 11.9 Å². The molecule has 140 heavy (non-hydrogen) atoms. The number of nitrogens with zero attached hydrogens (tertiary/aromatic N) is 8. The number of hydrogen-bond donors (Lipinski definition) is 18.